The molecule has 3 atom stereocenters. The molecule has 0 aromatic heterocycles. The van der Waals surface area contributed by atoms with E-state index in [4.69, 9.17) is 4.74 Å². The Hall–Kier alpha value is -1.18. The van der Waals surface area contributed by atoms with Gasteiger partial charge in [-0.1, -0.05) is 27.2 Å². The van der Waals surface area contributed by atoms with Crippen molar-refractivity contribution in [2.45, 2.75) is 46.1 Å². The predicted molar refractivity (Wildman–Crippen MR) is 81.7 cm³/mol. The Kier molecular flexibility index (Phi) is 4.73. The Morgan fingerprint density at radius 2 is 1.84 bits per heavy atom. The van der Waals surface area contributed by atoms with E-state index in [1.807, 2.05) is 12.1 Å². The van der Waals surface area contributed by atoms with E-state index in [9.17, 15) is 0 Å². The molecule has 0 bridgehead atoms. The van der Waals surface area contributed by atoms with Crippen LogP contribution in [0.3, 0.4) is 0 Å². The van der Waals surface area contributed by atoms with Crippen molar-refractivity contribution < 1.29 is 4.74 Å². The Bertz CT molecular complexity index is 385. The molecule has 1 aromatic rings. The van der Waals surface area contributed by atoms with Crippen molar-refractivity contribution in [2.24, 2.45) is 17.8 Å². The molecule has 2 nitrogen and oxygen atoms in total. The van der Waals surface area contributed by atoms with Gasteiger partial charge in [-0.3, -0.25) is 0 Å². The molecule has 106 valence electrons. The maximum Gasteiger partial charge on any atom is 0.119 e. The Labute approximate surface area is 117 Å². The summed E-state index contributed by atoms with van der Waals surface area (Å²) in [6.45, 7) is 7.08. The van der Waals surface area contributed by atoms with Crippen molar-refractivity contribution in [3.05, 3.63) is 24.3 Å². The summed E-state index contributed by atoms with van der Waals surface area (Å²) in [4.78, 5) is 0. The second-order valence-corrected chi connectivity index (χ2v) is 6.31. The molecule has 1 aliphatic rings. The number of hydrogen-bond donors (Lipinski definition) is 1. The molecule has 0 spiro atoms. The van der Waals surface area contributed by atoms with Crippen molar-refractivity contribution in [2.75, 3.05) is 12.4 Å². The molecule has 19 heavy (non-hydrogen) atoms. The lowest BCUT2D eigenvalue weighted by Crippen LogP contribution is -2.37. The van der Waals surface area contributed by atoms with Crippen LogP contribution in [-0.2, 0) is 0 Å². The van der Waals surface area contributed by atoms with Crippen LogP contribution in [0.1, 0.15) is 40.0 Å². The van der Waals surface area contributed by atoms with E-state index >= 15 is 0 Å². The fourth-order valence-electron chi connectivity index (χ4n) is 3.27. The first-order valence-electron chi connectivity index (χ1n) is 7.50. The molecule has 1 N–H and O–H groups in total. The van der Waals surface area contributed by atoms with Crippen LogP contribution in [-0.4, -0.2) is 13.2 Å². The molecule has 0 heterocycles. The Morgan fingerprint density at radius 3 is 2.42 bits per heavy atom. The van der Waals surface area contributed by atoms with Gasteiger partial charge in [0.1, 0.15) is 5.75 Å². The summed E-state index contributed by atoms with van der Waals surface area (Å²) in [6, 6.07) is 8.90. The molecule has 1 saturated carbocycles. The van der Waals surface area contributed by atoms with Gasteiger partial charge in [0.25, 0.3) is 0 Å². The maximum absolute atomic E-state index is 5.21. The van der Waals surface area contributed by atoms with Gasteiger partial charge < -0.3 is 10.1 Å². The zero-order valence-electron chi connectivity index (χ0n) is 12.6. The molecular formula is C17H27NO. The summed E-state index contributed by atoms with van der Waals surface area (Å²) in [5, 5.41) is 3.74. The zero-order valence-corrected chi connectivity index (χ0v) is 12.6. The van der Waals surface area contributed by atoms with Gasteiger partial charge in [0.2, 0.25) is 0 Å². The molecule has 1 fully saturated rings. The summed E-state index contributed by atoms with van der Waals surface area (Å²) in [7, 11) is 1.71. The molecule has 1 aliphatic carbocycles. The molecule has 1 aromatic carbocycles. The molecule has 3 unspecified atom stereocenters. The van der Waals surface area contributed by atoms with Crippen LogP contribution in [0.25, 0.3) is 0 Å². The molecular weight excluding hydrogens is 234 g/mol. The number of hydrogen-bond acceptors (Lipinski definition) is 2. The van der Waals surface area contributed by atoms with E-state index in [1.54, 1.807) is 7.11 Å². The van der Waals surface area contributed by atoms with Crippen LogP contribution < -0.4 is 10.1 Å². The minimum atomic E-state index is 0.608. The first kappa shape index (κ1) is 14.2. The van der Waals surface area contributed by atoms with Gasteiger partial charge in [0, 0.05) is 11.7 Å². The van der Waals surface area contributed by atoms with E-state index < -0.39 is 0 Å². The zero-order chi connectivity index (χ0) is 13.8. The lowest BCUT2D eigenvalue weighted by molar-refractivity contribution is 0.212. The molecule has 2 heteroatoms. The summed E-state index contributed by atoms with van der Waals surface area (Å²) >= 11 is 0. The highest BCUT2D eigenvalue weighted by molar-refractivity contribution is 5.47. The second-order valence-electron chi connectivity index (χ2n) is 6.31. The highest BCUT2D eigenvalue weighted by Gasteiger charge is 2.30. The van der Waals surface area contributed by atoms with Crippen molar-refractivity contribution in [3.8, 4) is 5.75 Å². The van der Waals surface area contributed by atoms with Crippen LogP contribution in [0.15, 0.2) is 24.3 Å². The van der Waals surface area contributed by atoms with Gasteiger partial charge >= 0.3 is 0 Å². The van der Waals surface area contributed by atoms with E-state index in [0.29, 0.717) is 6.04 Å². The monoisotopic (exact) mass is 261 g/mol. The Morgan fingerprint density at radius 1 is 1.16 bits per heavy atom. The predicted octanol–water partition coefficient (Wildman–Crippen LogP) is 4.57. The minimum absolute atomic E-state index is 0.608. The van der Waals surface area contributed by atoms with Crippen molar-refractivity contribution in [1.82, 2.24) is 0 Å². The molecule has 0 radical (unpaired) electrons. The average molecular weight is 261 g/mol. The van der Waals surface area contributed by atoms with E-state index in [1.165, 1.54) is 24.9 Å². The summed E-state index contributed by atoms with van der Waals surface area (Å²) in [5.41, 5.74) is 1.21. The average Bonchev–Trinajstić information content (AvgIpc) is 2.39. The number of methoxy groups -OCH3 is 1. The molecule has 0 aliphatic heterocycles. The lowest BCUT2D eigenvalue weighted by atomic mass is 9.74. The third-order valence-electron chi connectivity index (χ3n) is 4.46. The number of ether oxygens (including phenoxy) is 1. The topological polar surface area (TPSA) is 21.3 Å². The summed E-state index contributed by atoms with van der Waals surface area (Å²) < 4.78 is 5.21. The van der Waals surface area contributed by atoms with Gasteiger partial charge in [-0.15, -0.1) is 0 Å². The van der Waals surface area contributed by atoms with E-state index in [0.717, 1.165) is 23.5 Å². The molecule has 2 rings (SSSR count). The van der Waals surface area contributed by atoms with Crippen LogP contribution >= 0.6 is 0 Å². The number of rotatable bonds is 4. The van der Waals surface area contributed by atoms with Crippen LogP contribution in [0.5, 0.6) is 5.75 Å². The quantitative estimate of drug-likeness (QED) is 0.857. The largest absolute Gasteiger partial charge is 0.497 e. The normalized spacial score (nSPS) is 27.3. The SMILES string of the molecule is COc1ccc(NC2CC(C)CCC2C(C)C)cc1. The van der Waals surface area contributed by atoms with E-state index in [-0.39, 0.29) is 0 Å². The fraction of sp³-hybridized carbons (Fsp3) is 0.647. The standard InChI is InChI=1S/C17H27NO/c1-12(2)16-10-5-13(3)11-17(16)18-14-6-8-15(19-4)9-7-14/h6-9,12-13,16-18H,5,10-11H2,1-4H3. The van der Waals surface area contributed by atoms with Crippen molar-refractivity contribution in [3.63, 3.8) is 0 Å². The fourth-order valence-corrected chi connectivity index (χ4v) is 3.27. The first-order chi connectivity index (χ1) is 9.10. The van der Waals surface area contributed by atoms with E-state index in [2.05, 4.69) is 38.2 Å². The number of nitrogens with one attached hydrogen (secondary N) is 1. The van der Waals surface area contributed by atoms with Gasteiger partial charge in [0.15, 0.2) is 0 Å². The molecule has 0 saturated heterocycles. The van der Waals surface area contributed by atoms with Crippen LogP contribution in [0.4, 0.5) is 5.69 Å². The van der Waals surface area contributed by atoms with Gasteiger partial charge in [-0.05, 0) is 54.9 Å². The van der Waals surface area contributed by atoms with Crippen LogP contribution in [0.2, 0.25) is 0 Å². The number of benzene rings is 1. The first-order valence-corrected chi connectivity index (χ1v) is 7.50. The smallest absolute Gasteiger partial charge is 0.119 e. The van der Waals surface area contributed by atoms with Crippen molar-refractivity contribution >= 4 is 5.69 Å². The third kappa shape index (κ3) is 3.65. The second kappa shape index (κ2) is 6.31. The van der Waals surface area contributed by atoms with Gasteiger partial charge in [-0.2, -0.15) is 0 Å². The van der Waals surface area contributed by atoms with Gasteiger partial charge in [0.05, 0.1) is 7.11 Å². The van der Waals surface area contributed by atoms with Crippen molar-refractivity contribution in [1.29, 1.82) is 0 Å². The highest BCUT2D eigenvalue weighted by Crippen LogP contribution is 2.35. The minimum Gasteiger partial charge on any atom is -0.497 e. The van der Waals surface area contributed by atoms with Crippen LogP contribution in [0, 0.1) is 17.8 Å². The maximum atomic E-state index is 5.21. The lowest BCUT2D eigenvalue weighted by Gasteiger charge is -2.38. The highest BCUT2D eigenvalue weighted by atomic mass is 16.5. The Balaban J connectivity index is 2.05. The number of anilines is 1. The summed E-state index contributed by atoms with van der Waals surface area (Å²) in [5.74, 6) is 3.30. The molecule has 0 amide bonds. The van der Waals surface area contributed by atoms with Gasteiger partial charge in [-0.25, -0.2) is 0 Å². The summed E-state index contributed by atoms with van der Waals surface area (Å²) in [6.07, 6.45) is 4.02. The third-order valence-corrected chi connectivity index (χ3v) is 4.46.